The molecule has 0 spiro atoms. The number of para-hydroxylation sites is 2. The van der Waals surface area contributed by atoms with Crippen LogP contribution in [0.2, 0.25) is 0 Å². The summed E-state index contributed by atoms with van der Waals surface area (Å²) in [5.41, 5.74) is 0.609. The van der Waals surface area contributed by atoms with E-state index in [9.17, 15) is 23.3 Å². The Labute approximate surface area is 156 Å². The summed E-state index contributed by atoms with van der Waals surface area (Å²) in [6, 6.07) is 11.9. The van der Waals surface area contributed by atoms with Gasteiger partial charge in [0.1, 0.15) is 5.75 Å². The van der Waals surface area contributed by atoms with Gasteiger partial charge in [-0.25, -0.2) is 0 Å². The minimum Gasteiger partial charge on any atom is -0.482 e. The van der Waals surface area contributed by atoms with Gasteiger partial charge in [-0.15, -0.1) is 0 Å². The second-order valence-electron chi connectivity index (χ2n) is 5.57. The maximum Gasteiger partial charge on any atom is 0.422 e. The molecule has 0 aliphatic carbocycles. The van der Waals surface area contributed by atoms with E-state index in [1.165, 1.54) is 24.3 Å². The van der Waals surface area contributed by atoms with E-state index in [1.807, 2.05) is 0 Å². The molecule has 28 heavy (non-hydrogen) atoms. The fourth-order valence-corrected chi connectivity index (χ4v) is 2.27. The molecule has 0 aliphatic rings. The average Bonchev–Trinajstić information content (AvgIpc) is 3.14. The van der Waals surface area contributed by atoms with Gasteiger partial charge in [0.25, 0.3) is 5.69 Å². The van der Waals surface area contributed by atoms with Crippen LogP contribution in [0.3, 0.4) is 0 Å². The van der Waals surface area contributed by atoms with Gasteiger partial charge in [-0.2, -0.15) is 18.2 Å². The molecule has 2 aromatic carbocycles. The molecular weight excluding hydrogens is 381 g/mol. The summed E-state index contributed by atoms with van der Waals surface area (Å²) in [6.45, 7) is -1.39. The van der Waals surface area contributed by atoms with Crippen molar-refractivity contribution >= 4 is 11.4 Å². The van der Waals surface area contributed by atoms with Gasteiger partial charge in [0.05, 0.1) is 17.2 Å². The number of ether oxygens (including phenoxy) is 1. The molecule has 0 amide bonds. The number of nitro groups is 1. The number of benzene rings is 2. The fourth-order valence-electron chi connectivity index (χ4n) is 2.27. The van der Waals surface area contributed by atoms with Gasteiger partial charge in [0, 0.05) is 17.7 Å². The highest BCUT2D eigenvalue weighted by Gasteiger charge is 2.28. The predicted octanol–water partition coefficient (Wildman–Crippen LogP) is 4.20. The van der Waals surface area contributed by atoms with E-state index >= 15 is 0 Å². The molecular formula is C17H13F3N4O4. The van der Waals surface area contributed by atoms with Crippen LogP contribution in [0.15, 0.2) is 53.1 Å². The molecule has 0 fully saturated rings. The lowest BCUT2D eigenvalue weighted by Crippen LogP contribution is -2.19. The SMILES string of the molecule is O=[N+]([O-])c1cccc(-c2noc(CNc3ccccc3OCC(F)(F)F)n2)c1. The zero-order valence-electron chi connectivity index (χ0n) is 14.1. The number of aromatic nitrogens is 2. The minimum absolute atomic E-state index is 0.0221. The van der Waals surface area contributed by atoms with Gasteiger partial charge in [0.15, 0.2) is 6.61 Å². The highest BCUT2D eigenvalue weighted by molar-refractivity contribution is 5.59. The maximum absolute atomic E-state index is 12.3. The van der Waals surface area contributed by atoms with E-state index in [4.69, 9.17) is 9.26 Å². The third-order valence-electron chi connectivity index (χ3n) is 3.49. The van der Waals surface area contributed by atoms with Crippen molar-refractivity contribution in [2.75, 3.05) is 11.9 Å². The summed E-state index contributed by atoms with van der Waals surface area (Å²) >= 11 is 0. The fraction of sp³-hybridized carbons (Fsp3) is 0.176. The van der Waals surface area contributed by atoms with Crippen molar-refractivity contribution in [2.24, 2.45) is 0 Å². The third kappa shape index (κ3) is 4.96. The Hall–Kier alpha value is -3.63. The van der Waals surface area contributed by atoms with Crippen molar-refractivity contribution in [1.82, 2.24) is 10.1 Å². The van der Waals surface area contributed by atoms with Crippen LogP contribution in [-0.4, -0.2) is 27.8 Å². The molecule has 146 valence electrons. The monoisotopic (exact) mass is 394 g/mol. The number of nitrogens with zero attached hydrogens (tertiary/aromatic N) is 3. The number of hydrogen-bond donors (Lipinski definition) is 1. The van der Waals surface area contributed by atoms with E-state index in [0.29, 0.717) is 11.3 Å². The molecule has 0 radical (unpaired) electrons. The first-order valence-corrected chi connectivity index (χ1v) is 7.92. The molecule has 0 saturated carbocycles. The van der Waals surface area contributed by atoms with Crippen LogP contribution in [0.5, 0.6) is 5.75 Å². The number of rotatable bonds is 7. The van der Waals surface area contributed by atoms with Crippen LogP contribution in [0.4, 0.5) is 24.5 Å². The molecule has 1 N–H and O–H groups in total. The molecule has 0 bridgehead atoms. The zero-order valence-corrected chi connectivity index (χ0v) is 14.1. The van der Waals surface area contributed by atoms with E-state index < -0.39 is 17.7 Å². The van der Waals surface area contributed by atoms with Crippen LogP contribution in [0.25, 0.3) is 11.4 Å². The van der Waals surface area contributed by atoms with Gasteiger partial charge in [-0.3, -0.25) is 10.1 Å². The topological polar surface area (TPSA) is 103 Å². The number of alkyl halides is 3. The molecule has 0 atom stereocenters. The Balaban J connectivity index is 1.68. The van der Waals surface area contributed by atoms with Crippen molar-refractivity contribution in [3.05, 3.63) is 64.5 Å². The molecule has 11 heteroatoms. The average molecular weight is 394 g/mol. The lowest BCUT2D eigenvalue weighted by Gasteiger charge is -2.13. The molecule has 1 heterocycles. The minimum atomic E-state index is -4.45. The maximum atomic E-state index is 12.3. The van der Waals surface area contributed by atoms with Crippen LogP contribution < -0.4 is 10.1 Å². The van der Waals surface area contributed by atoms with Crippen LogP contribution in [0, 0.1) is 10.1 Å². The van der Waals surface area contributed by atoms with Gasteiger partial charge in [0.2, 0.25) is 11.7 Å². The third-order valence-corrected chi connectivity index (χ3v) is 3.49. The number of anilines is 1. The lowest BCUT2D eigenvalue weighted by atomic mass is 10.2. The molecule has 1 aromatic heterocycles. The summed E-state index contributed by atoms with van der Waals surface area (Å²) in [6.07, 6.45) is -4.45. The van der Waals surface area contributed by atoms with Gasteiger partial charge < -0.3 is 14.6 Å². The highest BCUT2D eigenvalue weighted by Crippen LogP contribution is 2.27. The molecule has 3 rings (SSSR count). The van der Waals surface area contributed by atoms with E-state index in [2.05, 4.69) is 15.5 Å². The number of nitro benzene ring substituents is 1. The lowest BCUT2D eigenvalue weighted by molar-refractivity contribution is -0.384. The number of halogens is 3. The van der Waals surface area contributed by atoms with Crippen molar-refractivity contribution in [1.29, 1.82) is 0 Å². The Morgan fingerprint density at radius 2 is 1.96 bits per heavy atom. The standard InChI is InChI=1S/C17H13F3N4O4/c18-17(19,20)10-27-14-7-2-1-6-13(14)21-9-15-22-16(23-28-15)11-4-3-5-12(8-11)24(25)26/h1-8,21H,9-10H2. The summed E-state index contributed by atoms with van der Waals surface area (Å²) in [5.74, 6) is 0.326. The first kappa shape index (κ1) is 19.1. The van der Waals surface area contributed by atoms with Crippen LogP contribution >= 0.6 is 0 Å². The quantitative estimate of drug-likeness (QED) is 0.473. The normalized spacial score (nSPS) is 11.2. The first-order valence-electron chi connectivity index (χ1n) is 7.92. The Bertz CT molecular complexity index is 975. The number of nitrogens with one attached hydrogen (secondary N) is 1. The second kappa shape index (κ2) is 7.94. The summed E-state index contributed by atoms with van der Waals surface area (Å²) in [7, 11) is 0. The van der Waals surface area contributed by atoms with Crippen LogP contribution in [-0.2, 0) is 6.54 Å². The van der Waals surface area contributed by atoms with Gasteiger partial charge in [-0.05, 0) is 12.1 Å². The largest absolute Gasteiger partial charge is 0.482 e. The summed E-state index contributed by atoms with van der Waals surface area (Å²) in [5, 5.41) is 17.5. The molecule has 0 unspecified atom stereocenters. The zero-order chi connectivity index (χ0) is 20.1. The summed E-state index contributed by atoms with van der Waals surface area (Å²) < 4.78 is 46.9. The highest BCUT2D eigenvalue weighted by atomic mass is 19.4. The van der Waals surface area contributed by atoms with E-state index in [1.54, 1.807) is 24.3 Å². The molecule has 0 aliphatic heterocycles. The number of non-ortho nitro benzene ring substituents is 1. The smallest absolute Gasteiger partial charge is 0.422 e. The Kier molecular flexibility index (Phi) is 5.43. The molecule has 3 aromatic rings. The first-order chi connectivity index (χ1) is 13.3. The second-order valence-corrected chi connectivity index (χ2v) is 5.57. The van der Waals surface area contributed by atoms with Crippen molar-refractivity contribution in [3.8, 4) is 17.1 Å². The van der Waals surface area contributed by atoms with Crippen molar-refractivity contribution in [3.63, 3.8) is 0 Å². The van der Waals surface area contributed by atoms with Crippen molar-refractivity contribution in [2.45, 2.75) is 12.7 Å². The van der Waals surface area contributed by atoms with E-state index in [0.717, 1.165) is 0 Å². The van der Waals surface area contributed by atoms with Crippen LogP contribution in [0.1, 0.15) is 5.89 Å². The van der Waals surface area contributed by atoms with Gasteiger partial charge in [-0.1, -0.05) is 29.4 Å². The Morgan fingerprint density at radius 3 is 2.71 bits per heavy atom. The molecule has 8 nitrogen and oxygen atoms in total. The summed E-state index contributed by atoms with van der Waals surface area (Å²) in [4.78, 5) is 14.4. The molecule has 0 saturated heterocycles. The predicted molar refractivity (Wildman–Crippen MR) is 91.7 cm³/mol. The van der Waals surface area contributed by atoms with E-state index in [-0.39, 0.29) is 29.7 Å². The van der Waals surface area contributed by atoms with Gasteiger partial charge >= 0.3 is 6.18 Å². The number of hydrogen-bond acceptors (Lipinski definition) is 7. The van der Waals surface area contributed by atoms with Crippen molar-refractivity contribution < 1.29 is 27.4 Å². The Morgan fingerprint density at radius 1 is 1.18 bits per heavy atom.